The van der Waals surface area contributed by atoms with E-state index in [9.17, 15) is 10.1 Å². The zero-order valence-electron chi connectivity index (χ0n) is 12.8. The number of hydrogen-bond donors (Lipinski definition) is 1. The minimum atomic E-state index is -0.404. The van der Waals surface area contributed by atoms with E-state index in [1.165, 1.54) is 0 Å². The molecule has 0 atom stereocenters. The van der Waals surface area contributed by atoms with Gasteiger partial charge in [-0.25, -0.2) is 0 Å². The molecule has 0 aliphatic rings. The molecule has 1 aromatic carbocycles. The largest absolute Gasteiger partial charge is 0.494 e. The molecule has 0 fully saturated rings. The molecule has 0 aliphatic heterocycles. The van der Waals surface area contributed by atoms with Crippen molar-refractivity contribution in [1.29, 1.82) is 5.26 Å². The van der Waals surface area contributed by atoms with Crippen LogP contribution in [0.3, 0.4) is 0 Å². The van der Waals surface area contributed by atoms with Crippen molar-refractivity contribution in [2.75, 3.05) is 6.61 Å². The van der Waals surface area contributed by atoms with E-state index in [2.05, 4.69) is 10.3 Å². The van der Waals surface area contributed by atoms with Crippen LogP contribution < -0.4 is 10.1 Å². The predicted molar refractivity (Wildman–Crippen MR) is 87.3 cm³/mol. The number of carbonyl (C=O) groups excluding carboxylic acids is 1. The van der Waals surface area contributed by atoms with Crippen LogP contribution in [0.5, 0.6) is 5.75 Å². The highest BCUT2D eigenvalue weighted by atomic mass is 16.5. The van der Waals surface area contributed by atoms with Gasteiger partial charge in [-0.05, 0) is 48.4 Å². The molecule has 1 amide bonds. The molecule has 0 aliphatic carbocycles. The second-order valence-corrected chi connectivity index (χ2v) is 4.71. The van der Waals surface area contributed by atoms with Gasteiger partial charge in [-0.1, -0.05) is 12.1 Å². The van der Waals surface area contributed by atoms with Crippen molar-refractivity contribution in [1.82, 2.24) is 10.3 Å². The zero-order valence-corrected chi connectivity index (χ0v) is 12.8. The van der Waals surface area contributed by atoms with Gasteiger partial charge in [0.25, 0.3) is 5.91 Å². The molecule has 2 aromatic rings. The second kappa shape index (κ2) is 8.35. The highest BCUT2D eigenvalue weighted by Gasteiger charge is 2.08. The van der Waals surface area contributed by atoms with Gasteiger partial charge in [-0.2, -0.15) is 5.26 Å². The third-order valence-electron chi connectivity index (χ3n) is 3.07. The van der Waals surface area contributed by atoms with Crippen LogP contribution in [0.4, 0.5) is 0 Å². The van der Waals surface area contributed by atoms with E-state index >= 15 is 0 Å². The van der Waals surface area contributed by atoms with Crippen molar-refractivity contribution in [3.63, 3.8) is 0 Å². The number of aromatic nitrogens is 1. The van der Waals surface area contributed by atoms with Crippen molar-refractivity contribution in [3.8, 4) is 11.8 Å². The van der Waals surface area contributed by atoms with Crippen LogP contribution in [0.2, 0.25) is 0 Å². The minimum Gasteiger partial charge on any atom is -0.494 e. The SMILES string of the molecule is CCOc1ccc(/C=C(\C#N)C(=O)NCc2ccncc2)cc1. The van der Waals surface area contributed by atoms with Gasteiger partial charge in [0, 0.05) is 18.9 Å². The molecular formula is C18H17N3O2. The van der Waals surface area contributed by atoms with Crippen molar-refractivity contribution in [3.05, 3.63) is 65.5 Å². The first kappa shape index (κ1) is 16.2. The number of nitrogens with one attached hydrogen (secondary N) is 1. The van der Waals surface area contributed by atoms with Gasteiger partial charge >= 0.3 is 0 Å². The summed E-state index contributed by atoms with van der Waals surface area (Å²) >= 11 is 0. The number of nitriles is 1. The summed E-state index contributed by atoms with van der Waals surface area (Å²) in [6, 6.07) is 12.8. The molecule has 1 aromatic heterocycles. The Morgan fingerprint density at radius 3 is 2.57 bits per heavy atom. The quantitative estimate of drug-likeness (QED) is 0.657. The first-order chi connectivity index (χ1) is 11.2. The Labute approximate surface area is 135 Å². The average Bonchev–Trinajstić information content (AvgIpc) is 2.60. The van der Waals surface area contributed by atoms with Gasteiger partial charge in [0.2, 0.25) is 0 Å². The number of pyridine rings is 1. The topological polar surface area (TPSA) is 75.0 Å². The lowest BCUT2D eigenvalue weighted by Crippen LogP contribution is -2.23. The van der Waals surface area contributed by atoms with Gasteiger partial charge in [0.15, 0.2) is 0 Å². The highest BCUT2D eigenvalue weighted by Crippen LogP contribution is 2.14. The first-order valence-corrected chi connectivity index (χ1v) is 7.24. The molecule has 5 nitrogen and oxygen atoms in total. The Morgan fingerprint density at radius 2 is 1.96 bits per heavy atom. The Kier molecular flexibility index (Phi) is 5.89. The smallest absolute Gasteiger partial charge is 0.262 e. The molecule has 23 heavy (non-hydrogen) atoms. The number of nitrogens with zero attached hydrogens (tertiary/aromatic N) is 2. The number of carbonyl (C=O) groups is 1. The van der Waals surface area contributed by atoms with E-state index in [1.807, 2.05) is 25.1 Å². The molecule has 2 rings (SSSR count). The number of amides is 1. The number of hydrogen-bond acceptors (Lipinski definition) is 4. The third-order valence-corrected chi connectivity index (χ3v) is 3.07. The van der Waals surface area contributed by atoms with Crippen molar-refractivity contribution in [2.45, 2.75) is 13.5 Å². The molecule has 0 bridgehead atoms. The molecule has 5 heteroatoms. The number of rotatable bonds is 6. The van der Waals surface area contributed by atoms with E-state index in [0.717, 1.165) is 16.9 Å². The number of ether oxygens (including phenoxy) is 1. The summed E-state index contributed by atoms with van der Waals surface area (Å²) in [5.41, 5.74) is 1.75. The lowest BCUT2D eigenvalue weighted by molar-refractivity contribution is -0.117. The molecular weight excluding hydrogens is 290 g/mol. The van der Waals surface area contributed by atoms with Gasteiger partial charge in [-0.3, -0.25) is 9.78 Å². The molecule has 0 spiro atoms. The monoisotopic (exact) mass is 307 g/mol. The minimum absolute atomic E-state index is 0.0585. The van der Waals surface area contributed by atoms with Crippen LogP contribution in [-0.2, 0) is 11.3 Å². The summed E-state index contributed by atoms with van der Waals surface area (Å²) in [5, 5.41) is 11.9. The van der Waals surface area contributed by atoms with E-state index in [4.69, 9.17) is 4.74 Å². The van der Waals surface area contributed by atoms with Gasteiger partial charge < -0.3 is 10.1 Å². The lowest BCUT2D eigenvalue weighted by atomic mass is 10.1. The van der Waals surface area contributed by atoms with E-state index in [-0.39, 0.29) is 5.57 Å². The second-order valence-electron chi connectivity index (χ2n) is 4.71. The maximum absolute atomic E-state index is 12.1. The normalized spacial score (nSPS) is 10.7. The van der Waals surface area contributed by atoms with Crippen LogP contribution in [0.1, 0.15) is 18.1 Å². The molecule has 0 unspecified atom stereocenters. The van der Waals surface area contributed by atoms with Gasteiger partial charge in [0.1, 0.15) is 17.4 Å². The molecule has 1 N–H and O–H groups in total. The Bertz CT molecular complexity index is 716. The van der Waals surface area contributed by atoms with Crippen molar-refractivity contribution >= 4 is 12.0 Å². The van der Waals surface area contributed by atoms with Crippen LogP contribution >= 0.6 is 0 Å². The Hall–Kier alpha value is -3.13. The molecule has 0 saturated heterocycles. The Balaban J connectivity index is 2.03. The third kappa shape index (κ3) is 4.97. The van der Waals surface area contributed by atoms with Crippen molar-refractivity contribution in [2.24, 2.45) is 0 Å². The van der Waals surface area contributed by atoms with Crippen LogP contribution in [0, 0.1) is 11.3 Å². The predicted octanol–water partition coefficient (Wildman–Crippen LogP) is 2.70. The van der Waals surface area contributed by atoms with Gasteiger partial charge in [-0.15, -0.1) is 0 Å². The van der Waals surface area contributed by atoms with Crippen LogP contribution in [0.25, 0.3) is 6.08 Å². The van der Waals surface area contributed by atoms with Crippen LogP contribution in [0.15, 0.2) is 54.4 Å². The van der Waals surface area contributed by atoms with Crippen LogP contribution in [-0.4, -0.2) is 17.5 Å². The average molecular weight is 307 g/mol. The number of benzene rings is 1. The molecule has 0 radical (unpaired) electrons. The summed E-state index contributed by atoms with van der Waals surface area (Å²) in [6.07, 6.45) is 4.86. The summed E-state index contributed by atoms with van der Waals surface area (Å²) in [4.78, 5) is 16.0. The molecule has 116 valence electrons. The van der Waals surface area contributed by atoms with E-state index in [1.54, 1.807) is 42.7 Å². The summed E-state index contributed by atoms with van der Waals surface area (Å²) in [5.74, 6) is 0.350. The maximum Gasteiger partial charge on any atom is 0.262 e. The van der Waals surface area contributed by atoms with Crippen molar-refractivity contribution < 1.29 is 9.53 Å². The first-order valence-electron chi connectivity index (χ1n) is 7.24. The Morgan fingerprint density at radius 1 is 1.26 bits per heavy atom. The van der Waals surface area contributed by atoms with Gasteiger partial charge in [0.05, 0.1) is 6.61 Å². The summed E-state index contributed by atoms with van der Waals surface area (Å²) in [6.45, 7) is 2.86. The zero-order chi connectivity index (χ0) is 16.5. The van der Waals surface area contributed by atoms with E-state index < -0.39 is 5.91 Å². The standard InChI is InChI=1S/C18H17N3O2/c1-2-23-17-5-3-14(4-6-17)11-16(12-19)18(22)21-13-15-7-9-20-10-8-15/h3-11H,2,13H2,1H3,(H,21,22)/b16-11+. The summed E-state index contributed by atoms with van der Waals surface area (Å²) in [7, 11) is 0. The fraction of sp³-hybridized carbons (Fsp3) is 0.167. The molecule has 1 heterocycles. The fourth-order valence-corrected chi connectivity index (χ4v) is 1.92. The summed E-state index contributed by atoms with van der Waals surface area (Å²) < 4.78 is 5.36. The van der Waals surface area contributed by atoms with E-state index in [0.29, 0.717) is 13.2 Å². The molecule has 0 saturated carbocycles. The highest BCUT2D eigenvalue weighted by molar-refractivity contribution is 6.01. The fourth-order valence-electron chi connectivity index (χ4n) is 1.92. The lowest BCUT2D eigenvalue weighted by Gasteiger charge is -2.05. The maximum atomic E-state index is 12.1.